The van der Waals surface area contributed by atoms with Crippen molar-refractivity contribution < 1.29 is 14.6 Å². The van der Waals surface area contributed by atoms with Crippen LogP contribution in [0.25, 0.3) is 0 Å². The van der Waals surface area contributed by atoms with Crippen molar-refractivity contribution in [3.05, 3.63) is 23.9 Å². The maximum absolute atomic E-state index is 10.1. The van der Waals surface area contributed by atoms with Gasteiger partial charge in [0.05, 0.1) is 13.2 Å². The maximum atomic E-state index is 10.1. The second kappa shape index (κ2) is 4.57. The van der Waals surface area contributed by atoms with Gasteiger partial charge in [-0.05, 0) is 11.6 Å². The van der Waals surface area contributed by atoms with Gasteiger partial charge in [-0.25, -0.2) is 4.98 Å². The number of aromatic nitrogens is 1. The monoisotopic (exact) mass is 181 g/mol. The van der Waals surface area contributed by atoms with Crippen molar-refractivity contribution in [3.63, 3.8) is 0 Å². The molecule has 0 fully saturated rings. The molecule has 0 saturated carbocycles. The lowest BCUT2D eigenvalue weighted by Gasteiger charge is -2.06. The minimum Gasteiger partial charge on any atom is -0.481 e. The van der Waals surface area contributed by atoms with Crippen LogP contribution in [0.15, 0.2) is 18.3 Å². The van der Waals surface area contributed by atoms with E-state index in [9.17, 15) is 9.90 Å². The molecule has 0 spiro atoms. The highest BCUT2D eigenvalue weighted by molar-refractivity contribution is 5.50. The van der Waals surface area contributed by atoms with Gasteiger partial charge in [-0.2, -0.15) is 0 Å². The van der Waals surface area contributed by atoms with Crippen molar-refractivity contribution in [3.8, 4) is 5.88 Å². The molecule has 1 aromatic heterocycles. The highest BCUT2D eigenvalue weighted by Crippen LogP contribution is 2.16. The van der Waals surface area contributed by atoms with E-state index in [1.165, 1.54) is 13.3 Å². The van der Waals surface area contributed by atoms with Crippen LogP contribution >= 0.6 is 0 Å². The van der Waals surface area contributed by atoms with Gasteiger partial charge in [0.2, 0.25) is 5.88 Å². The van der Waals surface area contributed by atoms with Crippen LogP contribution in [-0.2, 0) is 4.79 Å². The first-order valence-corrected chi connectivity index (χ1v) is 3.89. The number of carbonyl (C=O) groups excluding carboxylic acids is 1. The van der Waals surface area contributed by atoms with E-state index in [1.54, 1.807) is 12.1 Å². The van der Waals surface area contributed by atoms with Gasteiger partial charge in [0.1, 0.15) is 6.29 Å². The summed E-state index contributed by atoms with van der Waals surface area (Å²) >= 11 is 0. The molecule has 0 aliphatic rings. The summed E-state index contributed by atoms with van der Waals surface area (Å²) in [7, 11) is 1.52. The molecule has 1 heterocycles. The first-order valence-electron chi connectivity index (χ1n) is 3.89. The number of hydrogen-bond donors (Lipinski definition) is 1. The Morgan fingerprint density at radius 2 is 2.46 bits per heavy atom. The molecule has 0 saturated heterocycles. The smallest absolute Gasteiger partial charge is 0.212 e. The van der Waals surface area contributed by atoms with E-state index in [-0.39, 0.29) is 6.42 Å². The van der Waals surface area contributed by atoms with Crippen LogP contribution in [0.4, 0.5) is 0 Å². The maximum Gasteiger partial charge on any atom is 0.212 e. The fraction of sp³-hybridized carbons (Fsp3) is 0.333. The number of ether oxygens (including phenoxy) is 1. The van der Waals surface area contributed by atoms with Gasteiger partial charge in [0.15, 0.2) is 0 Å². The highest BCUT2D eigenvalue weighted by Gasteiger charge is 2.06. The van der Waals surface area contributed by atoms with E-state index in [1.807, 2.05) is 0 Å². The van der Waals surface area contributed by atoms with Crippen LogP contribution < -0.4 is 4.74 Å². The molecule has 1 atom stereocenters. The standard InChI is InChI=1S/C9H11NO3/c1-13-9-3-2-7(6-10-9)8(12)4-5-11/h2-3,5-6,8,12H,4H2,1H3. The molecule has 1 N–H and O–H groups in total. The molecule has 0 aromatic carbocycles. The Hall–Kier alpha value is -1.42. The number of hydrogen-bond acceptors (Lipinski definition) is 4. The van der Waals surface area contributed by atoms with Crippen molar-refractivity contribution in [1.29, 1.82) is 0 Å². The van der Waals surface area contributed by atoms with Gasteiger partial charge in [-0.15, -0.1) is 0 Å². The second-order valence-electron chi connectivity index (χ2n) is 2.55. The van der Waals surface area contributed by atoms with Gasteiger partial charge in [0.25, 0.3) is 0 Å². The Morgan fingerprint density at radius 3 is 2.92 bits per heavy atom. The number of aliphatic hydroxyl groups is 1. The summed E-state index contributed by atoms with van der Waals surface area (Å²) in [5.41, 5.74) is 0.618. The Bertz CT molecular complexity index is 271. The lowest BCUT2D eigenvalue weighted by Crippen LogP contribution is -1.99. The Labute approximate surface area is 76.2 Å². The topological polar surface area (TPSA) is 59.4 Å². The van der Waals surface area contributed by atoms with E-state index in [2.05, 4.69) is 4.98 Å². The summed E-state index contributed by atoms with van der Waals surface area (Å²) in [5.74, 6) is 0.488. The van der Waals surface area contributed by atoms with Crippen LogP contribution in [-0.4, -0.2) is 23.5 Å². The third-order valence-corrected chi connectivity index (χ3v) is 1.67. The van der Waals surface area contributed by atoms with Crippen LogP contribution in [0, 0.1) is 0 Å². The average molecular weight is 181 g/mol. The third kappa shape index (κ3) is 2.52. The van der Waals surface area contributed by atoms with Gasteiger partial charge in [-0.3, -0.25) is 0 Å². The van der Waals surface area contributed by atoms with E-state index in [0.29, 0.717) is 17.7 Å². The van der Waals surface area contributed by atoms with Crippen LogP contribution in [0.2, 0.25) is 0 Å². The van der Waals surface area contributed by atoms with Crippen molar-refractivity contribution in [2.45, 2.75) is 12.5 Å². The van der Waals surface area contributed by atoms with Crippen LogP contribution in [0.3, 0.4) is 0 Å². The minimum atomic E-state index is -0.768. The first-order chi connectivity index (χ1) is 6.27. The fourth-order valence-electron chi connectivity index (χ4n) is 0.937. The summed E-state index contributed by atoms with van der Waals surface area (Å²) in [6.45, 7) is 0. The Balaban J connectivity index is 2.73. The summed E-state index contributed by atoms with van der Waals surface area (Å²) in [5, 5.41) is 9.37. The Kier molecular flexibility index (Phi) is 3.40. The molecule has 1 aromatic rings. The molecule has 0 aliphatic heterocycles. The highest BCUT2D eigenvalue weighted by atomic mass is 16.5. The number of aliphatic hydroxyl groups excluding tert-OH is 1. The van der Waals surface area contributed by atoms with Crippen LogP contribution in [0.5, 0.6) is 5.88 Å². The summed E-state index contributed by atoms with van der Waals surface area (Å²) in [6, 6.07) is 3.32. The van der Waals surface area contributed by atoms with E-state index < -0.39 is 6.10 Å². The van der Waals surface area contributed by atoms with Crippen LogP contribution in [0.1, 0.15) is 18.1 Å². The number of methoxy groups -OCH3 is 1. The zero-order valence-electron chi connectivity index (χ0n) is 7.30. The van der Waals surface area contributed by atoms with E-state index in [0.717, 1.165) is 0 Å². The van der Waals surface area contributed by atoms with E-state index >= 15 is 0 Å². The lowest BCUT2D eigenvalue weighted by molar-refractivity contribution is -0.109. The van der Waals surface area contributed by atoms with Gasteiger partial charge < -0.3 is 14.6 Å². The predicted molar refractivity (Wildman–Crippen MR) is 46.4 cm³/mol. The molecule has 0 bridgehead atoms. The molecular formula is C9H11NO3. The number of nitrogens with zero attached hydrogens (tertiary/aromatic N) is 1. The van der Waals surface area contributed by atoms with Crippen molar-refractivity contribution in [2.75, 3.05) is 7.11 Å². The number of carbonyl (C=O) groups is 1. The van der Waals surface area contributed by atoms with Gasteiger partial charge >= 0.3 is 0 Å². The molecule has 1 rings (SSSR count). The lowest BCUT2D eigenvalue weighted by atomic mass is 10.1. The number of aldehydes is 1. The average Bonchev–Trinajstić information content (AvgIpc) is 2.18. The molecule has 0 aliphatic carbocycles. The molecular weight excluding hydrogens is 170 g/mol. The number of pyridine rings is 1. The summed E-state index contributed by atoms with van der Waals surface area (Å²) in [4.78, 5) is 14.0. The third-order valence-electron chi connectivity index (χ3n) is 1.67. The van der Waals surface area contributed by atoms with Crippen molar-refractivity contribution >= 4 is 6.29 Å². The fourth-order valence-corrected chi connectivity index (χ4v) is 0.937. The van der Waals surface area contributed by atoms with Crippen molar-refractivity contribution in [2.24, 2.45) is 0 Å². The molecule has 0 amide bonds. The summed E-state index contributed by atoms with van der Waals surface area (Å²) in [6.07, 6.45) is 1.49. The Morgan fingerprint density at radius 1 is 1.69 bits per heavy atom. The van der Waals surface area contributed by atoms with Gasteiger partial charge in [0, 0.05) is 18.7 Å². The SMILES string of the molecule is COc1ccc(C(O)CC=O)cn1. The molecule has 0 radical (unpaired) electrons. The normalized spacial score (nSPS) is 12.2. The van der Waals surface area contributed by atoms with Gasteiger partial charge in [-0.1, -0.05) is 0 Å². The summed E-state index contributed by atoms with van der Waals surface area (Å²) < 4.78 is 4.85. The zero-order valence-corrected chi connectivity index (χ0v) is 7.30. The molecule has 13 heavy (non-hydrogen) atoms. The zero-order chi connectivity index (χ0) is 9.68. The van der Waals surface area contributed by atoms with E-state index in [4.69, 9.17) is 4.74 Å². The minimum absolute atomic E-state index is 0.0913. The predicted octanol–water partition coefficient (Wildman–Crippen LogP) is 0.713. The molecule has 1 unspecified atom stereocenters. The largest absolute Gasteiger partial charge is 0.481 e. The molecule has 4 heteroatoms. The van der Waals surface area contributed by atoms with Crippen molar-refractivity contribution in [1.82, 2.24) is 4.98 Å². The second-order valence-corrected chi connectivity index (χ2v) is 2.55. The number of rotatable bonds is 4. The molecule has 4 nitrogen and oxygen atoms in total. The quantitative estimate of drug-likeness (QED) is 0.695. The first kappa shape index (κ1) is 9.67. The molecule has 70 valence electrons.